The van der Waals surface area contributed by atoms with Gasteiger partial charge < -0.3 is 10.0 Å². The average molecular weight is 248 g/mol. The number of hydrogen-bond acceptors (Lipinski definition) is 5. The highest BCUT2D eigenvalue weighted by Gasteiger charge is 2.32. The highest BCUT2D eigenvalue weighted by atomic mass is 16.3. The van der Waals surface area contributed by atoms with E-state index in [1.54, 1.807) is 12.4 Å². The Balaban J connectivity index is 1.58. The molecule has 1 aromatic rings. The van der Waals surface area contributed by atoms with E-state index in [1.807, 2.05) is 6.07 Å². The van der Waals surface area contributed by atoms with Crippen LogP contribution in [-0.4, -0.2) is 58.3 Å². The van der Waals surface area contributed by atoms with Gasteiger partial charge in [0, 0.05) is 44.6 Å². The van der Waals surface area contributed by atoms with E-state index in [1.165, 1.54) is 0 Å². The Labute approximate surface area is 107 Å². The summed E-state index contributed by atoms with van der Waals surface area (Å²) in [5.41, 5.74) is 0. The van der Waals surface area contributed by atoms with Crippen LogP contribution in [0.2, 0.25) is 0 Å². The molecule has 1 N–H and O–H groups in total. The van der Waals surface area contributed by atoms with Crippen LogP contribution < -0.4 is 4.90 Å². The predicted octanol–water partition coefficient (Wildman–Crippen LogP) is 0.512. The summed E-state index contributed by atoms with van der Waals surface area (Å²) in [4.78, 5) is 13.2. The topological polar surface area (TPSA) is 52.5 Å². The summed E-state index contributed by atoms with van der Waals surface area (Å²) in [6.45, 7) is 3.90. The first-order valence-electron chi connectivity index (χ1n) is 6.79. The van der Waals surface area contributed by atoms with Crippen molar-refractivity contribution >= 4 is 5.95 Å². The van der Waals surface area contributed by atoms with Gasteiger partial charge in [0.15, 0.2) is 0 Å². The lowest BCUT2D eigenvalue weighted by atomic mass is 10.1. The van der Waals surface area contributed by atoms with Crippen LogP contribution >= 0.6 is 0 Å². The zero-order chi connectivity index (χ0) is 12.4. The number of piperazine rings is 1. The maximum atomic E-state index is 9.94. The fourth-order valence-electron chi connectivity index (χ4n) is 3.05. The summed E-state index contributed by atoms with van der Waals surface area (Å²) in [6.07, 6.45) is 6.72. The number of aliphatic hydroxyl groups excluding tert-OH is 1. The second-order valence-electron chi connectivity index (χ2n) is 5.14. The van der Waals surface area contributed by atoms with Gasteiger partial charge in [0.2, 0.25) is 5.95 Å². The van der Waals surface area contributed by atoms with Crippen molar-refractivity contribution in [2.24, 2.45) is 0 Å². The molecule has 0 spiro atoms. The maximum absolute atomic E-state index is 9.94. The van der Waals surface area contributed by atoms with E-state index >= 15 is 0 Å². The van der Waals surface area contributed by atoms with Crippen molar-refractivity contribution in [3.05, 3.63) is 18.5 Å². The van der Waals surface area contributed by atoms with Gasteiger partial charge in [-0.2, -0.15) is 0 Å². The normalized spacial score (nSPS) is 29.7. The monoisotopic (exact) mass is 248 g/mol. The molecule has 1 aliphatic carbocycles. The third-order valence-electron chi connectivity index (χ3n) is 4.06. The molecule has 5 heteroatoms. The molecule has 0 amide bonds. The summed E-state index contributed by atoms with van der Waals surface area (Å²) in [5, 5.41) is 9.94. The van der Waals surface area contributed by atoms with Gasteiger partial charge in [-0.15, -0.1) is 0 Å². The van der Waals surface area contributed by atoms with Gasteiger partial charge >= 0.3 is 0 Å². The van der Waals surface area contributed by atoms with Crippen molar-refractivity contribution in [2.75, 3.05) is 31.1 Å². The molecule has 2 atom stereocenters. The first kappa shape index (κ1) is 11.9. The van der Waals surface area contributed by atoms with Gasteiger partial charge in [0.25, 0.3) is 0 Å². The molecule has 1 saturated heterocycles. The second-order valence-corrected chi connectivity index (χ2v) is 5.14. The van der Waals surface area contributed by atoms with Crippen molar-refractivity contribution in [3.8, 4) is 0 Å². The van der Waals surface area contributed by atoms with E-state index in [4.69, 9.17) is 0 Å². The summed E-state index contributed by atoms with van der Waals surface area (Å²) in [5.74, 6) is 0.823. The van der Waals surface area contributed by atoms with Gasteiger partial charge in [-0.25, -0.2) is 9.97 Å². The van der Waals surface area contributed by atoms with Crippen molar-refractivity contribution in [1.29, 1.82) is 0 Å². The van der Waals surface area contributed by atoms with Crippen molar-refractivity contribution in [3.63, 3.8) is 0 Å². The second kappa shape index (κ2) is 5.20. The van der Waals surface area contributed by atoms with Crippen LogP contribution in [0.4, 0.5) is 5.95 Å². The van der Waals surface area contributed by atoms with Crippen molar-refractivity contribution in [2.45, 2.75) is 31.4 Å². The number of rotatable bonds is 2. The van der Waals surface area contributed by atoms with E-state index < -0.39 is 0 Å². The summed E-state index contributed by atoms with van der Waals surface area (Å²) >= 11 is 0. The van der Waals surface area contributed by atoms with E-state index in [0.717, 1.165) is 51.4 Å². The van der Waals surface area contributed by atoms with Crippen LogP contribution in [0.5, 0.6) is 0 Å². The maximum Gasteiger partial charge on any atom is 0.225 e. The Kier molecular flexibility index (Phi) is 3.43. The van der Waals surface area contributed by atoms with Crippen LogP contribution in [0.15, 0.2) is 18.5 Å². The van der Waals surface area contributed by atoms with E-state index in [2.05, 4.69) is 19.8 Å². The molecule has 18 heavy (non-hydrogen) atoms. The van der Waals surface area contributed by atoms with Crippen LogP contribution in [0.1, 0.15) is 19.3 Å². The smallest absolute Gasteiger partial charge is 0.225 e. The molecule has 1 saturated carbocycles. The van der Waals surface area contributed by atoms with E-state index in [-0.39, 0.29) is 6.10 Å². The predicted molar refractivity (Wildman–Crippen MR) is 69.5 cm³/mol. The molecule has 1 aromatic heterocycles. The average Bonchev–Trinajstić information content (AvgIpc) is 2.86. The lowest BCUT2D eigenvalue weighted by Crippen LogP contribution is -2.52. The third-order valence-corrected chi connectivity index (χ3v) is 4.06. The highest BCUT2D eigenvalue weighted by molar-refractivity contribution is 5.29. The Morgan fingerprint density at radius 3 is 2.39 bits per heavy atom. The summed E-state index contributed by atoms with van der Waals surface area (Å²) < 4.78 is 0. The lowest BCUT2D eigenvalue weighted by molar-refractivity contribution is 0.0670. The third kappa shape index (κ3) is 2.33. The molecule has 2 heterocycles. The van der Waals surface area contributed by atoms with E-state index in [9.17, 15) is 5.11 Å². The standard InChI is InChI=1S/C13H20N4O/c18-12-4-1-3-11(12)16-7-9-17(10-8-16)13-14-5-2-6-15-13/h2,5-6,11-12,18H,1,3-4,7-10H2/t11-,12-/m0/s1. The number of aliphatic hydroxyl groups is 1. The van der Waals surface area contributed by atoms with Crippen molar-refractivity contribution < 1.29 is 5.11 Å². The Morgan fingerprint density at radius 1 is 1.06 bits per heavy atom. The molecular formula is C13H20N4O. The Morgan fingerprint density at radius 2 is 1.78 bits per heavy atom. The molecule has 5 nitrogen and oxygen atoms in total. The molecule has 0 radical (unpaired) electrons. The zero-order valence-electron chi connectivity index (χ0n) is 10.6. The van der Waals surface area contributed by atoms with Gasteiger partial charge in [-0.05, 0) is 25.3 Å². The number of nitrogens with zero attached hydrogens (tertiary/aromatic N) is 4. The minimum Gasteiger partial charge on any atom is -0.391 e. The first-order valence-corrected chi connectivity index (χ1v) is 6.79. The molecule has 0 aromatic carbocycles. The molecule has 0 bridgehead atoms. The van der Waals surface area contributed by atoms with Gasteiger partial charge in [-0.1, -0.05) is 0 Å². The number of hydrogen-bond donors (Lipinski definition) is 1. The highest BCUT2D eigenvalue weighted by Crippen LogP contribution is 2.25. The summed E-state index contributed by atoms with van der Waals surface area (Å²) in [6, 6.07) is 2.22. The van der Waals surface area contributed by atoms with Crippen LogP contribution in [0.25, 0.3) is 0 Å². The Bertz CT molecular complexity index is 378. The number of anilines is 1. The molecule has 2 aliphatic rings. The van der Waals surface area contributed by atoms with Gasteiger partial charge in [0.1, 0.15) is 0 Å². The van der Waals surface area contributed by atoms with Gasteiger partial charge in [0.05, 0.1) is 6.10 Å². The number of aromatic nitrogens is 2. The van der Waals surface area contributed by atoms with Crippen LogP contribution in [-0.2, 0) is 0 Å². The summed E-state index contributed by atoms with van der Waals surface area (Å²) in [7, 11) is 0. The molecule has 0 unspecified atom stereocenters. The fraction of sp³-hybridized carbons (Fsp3) is 0.692. The molecular weight excluding hydrogens is 228 g/mol. The quantitative estimate of drug-likeness (QED) is 0.826. The van der Waals surface area contributed by atoms with Crippen LogP contribution in [0, 0.1) is 0 Å². The molecule has 2 fully saturated rings. The Hall–Kier alpha value is -1.20. The largest absolute Gasteiger partial charge is 0.391 e. The zero-order valence-corrected chi connectivity index (χ0v) is 10.6. The first-order chi connectivity index (χ1) is 8.84. The minimum absolute atomic E-state index is 0.121. The SMILES string of the molecule is O[C@H]1CCC[C@@H]1N1CCN(c2ncccn2)CC1. The molecule has 98 valence electrons. The fourth-order valence-corrected chi connectivity index (χ4v) is 3.05. The van der Waals surface area contributed by atoms with Gasteiger partial charge in [-0.3, -0.25) is 4.90 Å². The van der Waals surface area contributed by atoms with Crippen LogP contribution in [0.3, 0.4) is 0 Å². The van der Waals surface area contributed by atoms with E-state index in [0.29, 0.717) is 6.04 Å². The molecule has 1 aliphatic heterocycles. The van der Waals surface area contributed by atoms with Crippen molar-refractivity contribution in [1.82, 2.24) is 14.9 Å². The molecule has 3 rings (SSSR count). The lowest BCUT2D eigenvalue weighted by Gasteiger charge is -2.39. The minimum atomic E-state index is -0.121.